The van der Waals surface area contributed by atoms with Crippen molar-refractivity contribution in [2.75, 3.05) is 10.2 Å². The second kappa shape index (κ2) is 12.0. The van der Waals surface area contributed by atoms with Gasteiger partial charge in [-0.05, 0) is 92.6 Å². The van der Waals surface area contributed by atoms with Crippen LogP contribution in [0.1, 0.15) is 38.3 Å². The minimum Gasteiger partial charge on any atom is -0.392 e. The maximum absolute atomic E-state index is 14.0. The van der Waals surface area contributed by atoms with E-state index in [2.05, 4.69) is 5.32 Å². The molecule has 7 nitrogen and oxygen atoms in total. The number of amides is 3. The molecular weight excluding hydrogens is 550 g/mol. The Morgan fingerprint density at radius 3 is 2.07 bits per heavy atom. The zero-order valence-corrected chi connectivity index (χ0v) is 24.3. The Kier molecular flexibility index (Phi) is 8.24. The second-order valence-corrected chi connectivity index (χ2v) is 10.7. The molecule has 0 aliphatic rings. The SMILES string of the molecule is Cc1ccc(NC(=O)N(C(=O)Cc2c(C)n(C(=O)c3ccc(Cl)cc3)c3ccc(CO)cc23)c2ccc(C)cc2)cc1. The van der Waals surface area contributed by atoms with Crippen molar-refractivity contribution in [3.63, 3.8) is 0 Å². The van der Waals surface area contributed by atoms with E-state index < -0.39 is 11.9 Å². The molecule has 212 valence electrons. The van der Waals surface area contributed by atoms with Gasteiger partial charge in [-0.3, -0.25) is 14.2 Å². The predicted molar refractivity (Wildman–Crippen MR) is 166 cm³/mol. The number of carbonyl (C=O) groups excluding carboxylic acids is 3. The van der Waals surface area contributed by atoms with Gasteiger partial charge in [-0.2, -0.15) is 0 Å². The number of rotatable bonds is 6. The van der Waals surface area contributed by atoms with E-state index in [1.807, 2.05) is 38.1 Å². The summed E-state index contributed by atoms with van der Waals surface area (Å²) in [5.74, 6) is -0.754. The Balaban J connectivity index is 1.57. The van der Waals surface area contributed by atoms with Crippen LogP contribution in [0.25, 0.3) is 10.9 Å². The van der Waals surface area contributed by atoms with Crippen LogP contribution in [-0.4, -0.2) is 27.5 Å². The summed E-state index contributed by atoms with van der Waals surface area (Å²) in [5, 5.41) is 13.8. The summed E-state index contributed by atoms with van der Waals surface area (Å²) in [5.41, 5.74) is 5.84. The summed E-state index contributed by atoms with van der Waals surface area (Å²) in [6, 6.07) is 25.7. The van der Waals surface area contributed by atoms with Crippen LogP contribution in [0.2, 0.25) is 5.02 Å². The molecule has 5 aromatic rings. The number of imide groups is 1. The van der Waals surface area contributed by atoms with Crippen molar-refractivity contribution in [2.45, 2.75) is 33.8 Å². The summed E-state index contributed by atoms with van der Waals surface area (Å²) in [6.45, 7) is 5.45. The Morgan fingerprint density at radius 2 is 1.45 bits per heavy atom. The maximum atomic E-state index is 14.0. The van der Waals surface area contributed by atoms with Crippen molar-refractivity contribution in [2.24, 2.45) is 0 Å². The quantitative estimate of drug-likeness (QED) is 0.222. The summed E-state index contributed by atoms with van der Waals surface area (Å²) < 4.78 is 1.56. The highest BCUT2D eigenvalue weighted by Crippen LogP contribution is 2.30. The largest absolute Gasteiger partial charge is 0.392 e. The lowest BCUT2D eigenvalue weighted by Crippen LogP contribution is -2.41. The van der Waals surface area contributed by atoms with Crippen LogP contribution in [0, 0.1) is 20.8 Å². The van der Waals surface area contributed by atoms with Crippen LogP contribution in [0.15, 0.2) is 91.0 Å². The highest BCUT2D eigenvalue weighted by Gasteiger charge is 2.28. The number of nitrogens with one attached hydrogen (secondary N) is 1. The fourth-order valence-corrected chi connectivity index (χ4v) is 5.08. The summed E-state index contributed by atoms with van der Waals surface area (Å²) in [4.78, 5) is 42.4. The molecule has 0 aliphatic carbocycles. The third kappa shape index (κ3) is 5.84. The molecule has 5 rings (SSSR count). The van der Waals surface area contributed by atoms with Crippen LogP contribution < -0.4 is 10.2 Å². The zero-order valence-electron chi connectivity index (χ0n) is 23.5. The number of urea groups is 1. The molecule has 0 saturated carbocycles. The number of benzene rings is 4. The number of fused-ring (bicyclic) bond motifs is 1. The minimum absolute atomic E-state index is 0.159. The van der Waals surface area contributed by atoms with Gasteiger partial charge in [0.1, 0.15) is 0 Å². The number of anilines is 2. The number of nitrogens with zero attached hydrogens (tertiary/aromatic N) is 2. The van der Waals surface area contributed by atoms with Crippen molar-refractivity contribution in [3.8, 4) is 0 Å². The molecule has 0 spiro atoms. The standard InChI is InChI=1S/C34H30ClN3O4/c1-21-4-13-27(14-5-21)36-34(42)38(28-15-6-22(2)7-16-28)32(40)19-29-23(3)37(31-17-8-24(20-39)18-30(29)31)33(41)25-9-11-26(35)12-10-25/h4-18,39H,19-20H2,1-3H3,(H,36,42). The molecule has 0 saturated heterocycles. The highest BCUT2D eigenvalue weighted by molar-refractivity contribution is 6.30. The molecule has 42 heavy (non-hydrogen) atoms. The average Bonchev–Trinajstić information content (AvgIpc) is 3.25. The first-order valence-corrected chi connectivity index (χ1v) is 13.8. The smallest absolute Gasteiger partial charge is 0.333 e. The van der Waals surface area contributed by atoms with E-state index in [-0.39, 0.29) is 18.9 Å². The molecule has 0 fully saturated rings. The molecule has 4 aromatic carbocycles. The number of carbonyl (C=O) groups is 3. The number of hydrogen-bond acceptors (Lipinski definition) is 4. The van der Waals surface area contributed by atoms with E-state index in [1.54, 1.807) is 78.2 Å². The van der Waals surface area contributed by atoms with E-state index in [9.17, 15) is 19.5 Å². The van der Waals surface area contributed by atoms with Gasteiger partial charge in [0.15, 0.2) is 0 Å². The summed E-state index contributed by atoms with van der Waals surface area (Å²) >= 11 is 6.04. The van der Waals surface area contributed by atoms with Crippen LogP contribution in [-0.2, 0) is 17.8 Å². The average molecular weight is 580 g/mol. The van der Waals surface area contributed by atoms with Gasteiger partial charge < -0.3 is 10.4 Å². The summed E-state index contributed by atoms with van der Waals surface area (Å²) in [6.07, 6.45) is -0.159. The van der Waals surface area contributed by atoms with Crippen LogP contribution in [0.5, 0.6) is 0 Å². The Labute approximate surface area is 249 Å². The number of aryl methyl sites for hydroxylation is 2. The van der Waals surface area contributed by atoms with Gasteiger partial charge in [0, 0.05) is 27.4 Å². The van der Waals surface area contributed by atoms with Gasteiger partial charge in [-0.15, -0.1) is 0 Å². The molecule has 0 bridgehead atoms. The lowest BCUT2D eigenvalue weighted by Gasteiger charge is -2.22. The minimum atomic E-state index is -0.595. The lowest BCUT2D eigenvalue weighted by molar-refractivity contribution is -0.117. The third-order valence-electron chi connectivity index (χ3n) is 7.25. The monoisotopic (exact) mass is 579 g/mol. The van der Waals surface area contributed by atoms with E-state index in [1.165, 1.54) is 0 Å². The highest BCUT2D eigenvalue weighted by atomic mass is 35.5. The zero-order chi connectivity index (χ0) is 30.0. The van der Waals surface area contributed by atoms with Crippen molar-refractivity contribution in [3.05, 3.63) is 130 Å². The second-order valence-electron chi connectivity index (χ2n) is 10.3. The van der Waals surface area contributed by atoms with E-state index >= 15 is 0 Å². The van der Waals surface area contributed by atoms with Crippen molar-refractivity contribution in [1.82, 2.24) is 4.57 Å². The fourth-order valence-electron chi connectivity index (χ4n) is 4.95. The van der Waals surface area contributed by atoms with E-state index in [0.29, 0.717) is 49.7 Å². The number of aliphatic hydroxyl groups excluding tert-OH is 1. The van der Waals surface area contributed by atoms with Gasteiger partial charge in [0.25, 0.3) is 5.91 Å². The molecule has 1 aromatic heterocycles. The Morgan fingerprint density at radius 1 is 0.833 bits per heavy atom. The third-order valence-corrected chi connectivity index (χ3v) is 7.50. The predicted octanol–water partition coefficient (Wildman–Crippen LogP) is 7.21. The van der Waals surface area contributed by atoms with Gasteiger partial charge in [0.05, 0.1) is 24.2 Å². The first-order valence-electron chi connectivity index (χ1n) is 13.5. The molecule has 0 unspecified atom stereocenters. The van der Waals surface area contributed by atoms with Crippen molar-refractivity contribution >= 4 is 51.7 Å². The molecule has 2 N–H and O–H groups in total. The number of halogens is 1. The molecule has 0 atom stereocenters. The van der Waals surface area contributed by atoms with Gasteiger partial charge in [0.2, 0.25) is 5.91 Å². The van der Waals surface area contributed by atoms with Crippen LogP contribution in [0.3, 0.4) is 0 Å². The first kappa shape index (κ1) is 28.8. The topological polar surface area (TPSA) is 91.6 Å². The Bertz CT molecular complexity index is 1790. The van der Waals surface area contributed by atoms with E-state index in [0.717, 1.165) is 16.0 Å². The van der Waals surface area contributed by atoms with Gasteiger partial charge in [-0.1, -0.05) is 53.1 Å². The first-order chi connectivity index (χ1) is 20.2. The molecule has 1 heterocycles. The van der Waals surface area contributed by atoms with Gasteiger partial charge >= 0.3 is 6.03 Å². The number of hydrogen-bond donors (Lipinski definition) is 2. The normalized spacial score (nSPS) is 11.0. The molecule has 0 radical (unpaired) electrons. The number of aliphatic hydroxyl groups is 1. The molecule has 8 heteroatoms. The molecule has 0 aliphatic heterocycles. The molecular formula is C34H30ClN3O4. The van der Waals surface area contributed by atoms with Crippen molar-refractivity contribution in [1.29, 1.82) is 0 Å². The van der Waals surface area contributed by atoms with Crippen LogP contribution in [0.4, 0.5) is 16.2 Å². The Hall–Kier alpha value is -4.72. The fraction of sp³-hybridized carbons (Fsp3) is 0.147. The van der Waals surface area contributed by atoms with E-state index in [4.69, 9.17) is 11.6 Å². The van der Waals surface area contributed by atoms with Gasteiger partial charge in [-0.25, -0.2) is 9.69 Å². The number of aromatic nitrogens is 1. The lowest BCUT2D eigenvalue weighted by atomic mass is 10.0. The molecule has 3 amide bonds. The summed E-state index contributed by atoms with van der Waals surface area (Å²) in [7, 11) is 0. The van der Waals surface area contributed by atoms with Crippen LogP contribution >= 0.6 is 11.6 Å². The van der Waals surface area contributed by atoms with Crippen molar-refractivity contribution < 1.29 is 19.5 Å². The maximum Gasteiger partial charge on any atom is 0.333 e.